The van der Waals surface area contributed by atoms with Gasteiger partial charge in [0.25, 0.3) is 0 Å². The van der Waals surface area contributed by atoms with Crippen LogP contribution in [-0.2, 0) is 24.9 Å². The Balaban J connectivity index is 1.44. The molecule has 1 fully saturated rings. The van der Waals surface area contributed by atoms with E-state index in [1.807, 2.05) is 30.3 Å². The normalized spacial score (nSPS) is 23.0. The molecule has 1 aliphatic heterocycles. The number of nitrogens with one attached hydrogen (secondary N) is 1. The second-order valence-electron chi connectivity index (χ2n) is 7.64. The minimum Gasteiger partial charge on any atom is -0.458 e. The lowest BCUT2D eigenvalue weighted by Gasteiger charge is -2.18. The Morgan fingerprint density at radius 3 is 2.64 bits per heavy atom. The molecule has 12 nitrogen and oxygen atoms in total. The molecular weight excluding hydrogens is 476 g/mol. The van der Waals surface area contributed by atoms with E-state index in [9.17, 15) is 19.1 Å². The molecule has 0 aliphatic carbocycles. The number of furan rings is 1. The van der Waals surface area contributed by atoms with E-state index in [0.717, 1.165) is 5.56 Å². The third-order valence-corrected chi connectivity index (χ3v) is 8.51. The number of hydrogen-bond donors (Lipinski definition) is 5. The van der Waals surface area contributed by atoms with Crippen LogP contribution in [0.15, 0.2) is 47.3 Å². The standard InChI is InChI=1S/C19H23N3O9P2/c23-14-6-15(31-16(14)9-30-33(27,28)11-32(24,25)26)13-8-29-18-17(13)21-10-22-19(18)20-7-12-4-2-1-3-5-12/h1-5,8,10,14-16,23H,6-7,9,11H2,(H,27,28)(H,20,21,22)(H2,24,25,26)/t14-,15+,16+/m0/s1. The zero-order valence-electron chi connectivity index (χ0n) is 17.2. The van der Waals surface area contributed by atoms with Crippen molar-refractivity contribution < 1.29 is 42.6 Å². The van der Waals surface area contributed by atoms with E-state index >= 15 is 0 Å². The quantitative estimate of drug-likeness (QED) is 0.271. The Morgan fingerprint density at radius 2 is 1.91 bits per heavy atom. The number of anilines is 1. The minimum absolute atomic E-state index is 0.146. The fraction of sp³-hybridized carbons (Fsp3) is 0.368. The van der Waals surface area contributed by atoms with Crippen LogP contribution in [0.1, 0.15) is 23.7 Å². The maximum Gasteiger partial charge on any atom is 0.340 e. The Hall–Kier alpha value is -2.14. The van der Waals surface area contributed by atoms with Crippen LogP contribution in [0.5, 0.6) is 0 Å². The summed E-state index contributed by atoms with van der Waals surface area (Å²) >= 11 is 0. The number of aliphatic hydroxyl groups is 1. The molecule has 33 heavy (non-hydrogen) atoms. The van der Waals surface area contributed by atoms with Crippen LogP contribution in [-0.4, -0.2) is 54.5 Å². The number of nitrogens with zero attached hydrogens (tertiary/aromatic N) is 2. The van der Waals surface area contributed by atoms with Gasteiger partial charge in [-0.2, -0.15) is 0 Å². The minimum atomic E-state index is -4.75. The molecule has 2 aromatic heterocycles. The fourth-order valence-corrected chi connectivity index (χ4v) is 6.12. The predicted octanol–water partition coefficient (Wildman–Crippen LogP) is 2.36. The lowest BCUT2D eigenvalue weighted by Crippen LogP contribution is -2.26. The number of aliphatic hydroxyl groups excluding tert-OH is 1. The van der Waals surface area contributed by atoms with Gasteiger partial charge < -0.3 is 38.8 Å². The molecule has 0 spiro atoms. The lowest BCUT2D eigenvalue weighted by atomic mass is 10.1. The van der Waals surface area contributed by atoms with Gasteiger partial charge in [0.15, 0.2) is 17.3 Å². The molecule has 4 atom stereocenters. The molecule has 1 unspecified atom stereocenters. The van der Waals surface area contributed by atoms with Gasteiger partial charge in [-0.25, -0.2) is 9.97 Å². The molecule has 3 aromatic rings. The van der Waals surface area contributed by atoms with Crippen LogP contribution in [0.2, 0.25) is 0 Å². The number of benzene rings is 1. The maximum absolute atomic E-state index is 11.8. The summed E-state index contributed by atoms with van der Waals surface area (Å²) in [5.41, 5.74) is 2.54. The van der Waals surface area contributed by atoms with E-state index in [4.69, 9.17) is 23.5 Å². The summed E-state index contributed by atoms with van der Waals surface area (Å²) in [5.74, 6) is -0.818. The predicted molar refractivity (Wildman–Crippen MR) is 116 cm³/mol. The third-order valence-electron chi connectivity index (χ3n) is 5.06. The second kappa shape index (κ2) is 9.61. The van der Waals surface area contributed by atoms with Gasteiger partial charge >= 0.3 is 15.2 Å². The van der Waals surface area contributed by atoms with Crippen molar-refractivity contribution >= 4 is 32.1 Å². The van der Waals surface area contributed by atoms with Gasteiger partial charge in [0.2, 0.25) is 0 Å². The van der Waals surface area contributed by atoms with E-state index in [1.165, 1.54) is 12.6 Å². The molecule has 1 saturated heterocycles. The molecule has 1 aliphatic rings. The number of rotatable bonds is 9. The Kier molecular flexibility index (Phi) is 6.99. The largest absolute Gasteiger partial charge is 0.458 e. The summed E-state index contributed by atoms with van der Waals surface area (Å²) in [5, 5.41) is 13.5. The molecule has 0 bridgehead atoms. The van der Waals surface area contributed by atoms with Gasteiger partial charge in [0.1, 0.15) is 17.9 Å². The second-order valence-corrected chi connectivity index (χ2v) is 11.6. The molecule has 14 heteroatoms. The third kappa shape index (κ3) is 6.06. The van der Waals surface area contributed by atoms with E-state index in [0.29, 0.717) is 29.0 Å². The van der Waals surface area contributed by atoms with Crippen molar-refractivity contribution in [3.8, 4) is 0 Å². The Labute approximate surface area is 188 Å². The molecule has 0 saturated carbocycles. The number of fused-ring (bicyclic) bond motifs is 1. The van der Waals surface area contributed by atoms with Crippen LogP contribution in [0.25, 0.3) is 11.1 Å². The van der Waals surface area contributed by atoms with Gasteiger partial charge in [-0.05, 0) is 5.56 Å². The zero-order valence-corrected chi connectivity index (χ0v) is 19.0. The van der Waals surface area contributed by atoms with Gasteiger partial charge in [-0.1, -0.05) is 30.3 Å². The van der Waals surface area contributed by atoms with Crippen LogP contribution in [0.3, 0.4) is 0 Å². The fourth-order valence-electron chi connectivity index (χ4n) is 3.55. The van der Waals surface area contributed by atoms with Crippen LogP contribution < -0.4 is 5.32 Å². The first kappa shape index (κ1) is 24.0. The highest BCUT2D eigenvalue weighted by atomic mass is 31.2. The van der Waals surface area contributed by atoms with Gasteiger partial charge in [-0.3, -0.25) is 9.13 Å². The molecule has 0 amide bonds. The highest BCUT2D eigenvalue weighted by Crippen LogP contribution is 2.55. The highest BCUT2D eigenvalue weighted by Gasteiger charge is 2.39. The molecule has 5 N–H and O–H groups in total. The first-order chi connectivity index (χ1) is 15.6. The Morgan fingerprint density at radius 1 is 1.15 bits per heavy atom. The van der Waals surface area contributed by atoms with E-state index in [-0.39, 0.29) is 6.42 Å². The van der Waals surface area contributed by atoms with E-state index in [2.05, 4.69) is 15.3 Å². The van der Waals surface area contributed by atoms with E-state index < -0.39 is 46.0 Å². The molecule has 4 rings (SSSR count). The monoisotopic (exact) mass is 499 g/mol. The van der Waals surface area contributed by atoms with Crippen molar-refractivity contribution in [3.63, 3.8) is 0 Å². The van der Waals surface area contributed by atoms with Crippen LogP contribution in [0.4, 0.5) is 5.82 Å². The molecule has 1 aromatic carbocycles. The van der Waals surface area contributed by atoms with Gasteiger partial charge in [0.05, 0.1) is 25.1 Å². The summed E-state index contributed by atoms with van der Waals surface area (Å²) < 4.78 is 39.0. The molecule has 178 valence electrons. The van der Waals surface area contributed by atoms with Gasteiger partial charge in [0, 0.05) is 18.5 Å². The average Bonchev–Trinajstić information content (AvgIpc) is 3.33. The summed E-state index contributed by atoms with van der Waals surface area (Å²) in [6.07, 6.45) is 0.338. The summed E-state index contributed by atoms with van der Waals surface area (Å²) in [4.78, 5) is 35.9. The maximum atomic E-state index is 11.8. The highest BCUT2D eigenvalue weighted by molar-refractivity contribution is 7.70. The first-order valence-electron chi connectivity index (χ1n) is 9.96. The van der Waals surface area contributed by atoms with Crippen molar-refractivity contribution in [2.24, 2.45) is 0 Å². The zero-order chi connectivity index (χ0) is 23.6. The van der Waals surface area contributed by atoms with Crippen molar-refractivity contribution in [3.05, 3.63) is 54.0 Å². The van der Waals surface area contributed by atoms with Crippen molar-refractivity contribution in [1.82, 2.24) is 9.97 Å². The number of aromatic nitrogens is 2. The average molecular weight is 499 g/mol. The summed E-state index contributed by atoms with van der Waals surface area (Å²) in [7, 11) is -9.30. The van der Waals surface area contributed by atoms with Crippen molar-refractivity contribution in [2.75, 3.05) is 17.8 Å². The number of ether oxygens (including phenoxy) is 1. The number of hydrogen-bond acceptors (Lipinski definition) is 9. The van der Waals surface area contributed by atoms with Crippen LogP contribution in [0, 0.1) is 0 Å². The lowest BCUT2D eigenvalue weighted by molar-refractivity contribution is -0.0182. The van der Waals surface area contributed by atoms with Crippen molar-refractivity contribution in [1.29, 1.82) is 0 Å². The van der Waals surface area contributed by atoms with Gasteiger partial charge in [-0.15, -0.1) is 0 Å². The topological polar surface area (TPSA) is 184 Å². The first-order valence-corrected chi connectivity index (χ1v) is 13.5. The molecular formula is C19H23N3O9P2. The Bertz CT molecular complexity index is 1200. The SMILES string of the molecule is O=P(O)(O)CP(=O)(O)OC[C@H]1O[C@@H](c2coc3c(NCc4ccccc4)ncnc23)C[C@@H]1O. The van der Waals surface area contributed by atoms with E-state index in [1.54, 1.807) is 0 Å². The smallest absolute Gasteiger partial charge is 0.340 e. The molecule has 0 radical (unpaired) electrons. The molecule has 3 heterocycles. The van der Waals surface area contributed by atoms with Crippen LogP contribution >= 0.6 is 15.2 Å². The summed E-state index contributed by atoms with van der Waals surface area (Å²) in [6, 6.07) is 9.74. The summed E-state index contributed by atoms with van der Waals surface area (Å²) in [6.45, 7) is 0.0109. The van der Waals surface area contributed by atoms with Crippen molar-refractivity contribution in [2.45, 2.75) is 31.3 Å².